The summed E-state index contributed by atoms with van der Waals surface area (Å²) < 4.78 is 0. The summed E-state index contributed by atoms with van der Waals surface area (Å²) >= 11 is 6.38. The number of hydrogen-bond donors (Lipinski definition) is 2. The zero-order chi connectivity index (χ0) is 15.4. The first kappa shape index (κ1) is 16.1. The van der Waals surface area contributed by atoms with Crippen LogP contribution in [-0.4, -0.2) is 31.6 Å². The largest absolute Gasteiger partial charge is 0.358 e. The highest BCUT2D eigenvalue weighted by molar-refractivity contribution is 6.31. The van der Waals surface area contributed by atoms with Gasteiger partial charge in [-0.05, 0) is 37.1 Å². The molecule has 1 aliphatic heterocycles. The van der Waals surface area contributed by atoms with Crippen LogP contribution in [0.1, 0.15) is 26.3 Å². The summed E-state index contributed by atoms with van der Waals surface area (Å²) in [4.78, 5) is 13.8. The van der Waals surface area contributed by atoms with Crippen LogP contribution in [0.2, 0.25) is 5.02 Å². The predicted molar refractivity (Wildman–Crippen MR) is 87.8 cm³/mol. The van der Waals surface area contributed by atoms with Crippen molar-refractivity contribution in [2.24, 2.45) is 5.92 Å². The average Bonchev–Trinajstić information content (AvgIpc) is 2.43. The normalized spacial score (nSPS) is 19.0. The number of piperazine rings is 1. The Bertz CT molecular complexity index is 504. The minimum atomic E-state index is -0.153. The van der Waals surface area contributed by atoms with Crippen molar-refractivity contribution in [3.8, 4) is 0 Å². The van der Waals surface area contributed by atoms with Gasteiger partial charge in [0.2, 0.25) is 5.91 Å². The molecule has 0 aliphatic carbocycles. The molecule has 2 N–H and O–H groups in total. The highest BCUT2D eigenvalue weighted by Crippen LogP contribution is 2.26. The van der Waals surface area contributed by atoms with Gasteiger partial charge in [0.05, 0.1) is 0 Å². The topological polar surface area (TPSA) is 44.4 Å². The minimum absolute atomic E-state index is 0.0695. The van der Waals surface area contributed by atoms with Gasteiger partial charge in [0.25, 0.3) is 0 Å². The fourth-order valence-corrected chi connectivity index (χ4v) is 2.73. The molecule has 1 aromatic carbocycles. The highest BCUT2D eigenvalue weighted by Gasteiger charge is 2.25. The van der Waals surface area contributed by atoms with Crippen molar-refractivity contribution in [1.29, 1.82) is 0 Å². The Balaban J connectivity index is 2.06. The lowest BCUT2D eigenvalue weighted by Gasteiger charge is -2.35. The van der Waals surface area contributed by atoms with Crippen LogP contribution in [0, 0.1) is 5.92 Å². The van der Waals surface area contributed by atoms with E-state index in [0.29, 0.717) is 12.5 Å². The maximum atomic E-state index is 11.7. The Labute approximate surface area is 131 Å². The van der Waals surface area contributed by atoms with Gasteiger partial charge in [0.15, 0.2) is 0 Å². The molecule has 1 saturated heterocycles. The first-order valence-corrected chi connectivity index (χ1v) is 7.90. The molecule has 1 heterocycles. The molecule has 21 heavy (non-hydrogen) atoms. The van der Waals surface area contributed by atoms with Crippen LogP contribution in [0.5, 0.6) is 0 Å². The van der Waals surface area contributed by atoms with Crippen LogP contribution < -0.4 is 15.5 Å². The maximum Gasteiger partial charge on any atom is 0.242 e. The molecule has 0 spiro atoms. The zero-order valence-electron chi connectivity index (χ0n) is 12.9. The van der Waals surface area contributed by atoms with Crippen molar-refractivity contribution in [2.75, 3.05) is 24.5 Å². The van der Waals surface area contributed by atoms with Gasteiger partial charge < -0.3 is 15.5 Å². The van der Waals surface area contributed by atoms with Crippen LogP contribution in [0.4, 0.5) is 5.69 Å². The average molecular weight is 310 g/mol. The third-order valence-corrected chi connectivity index (χ3v) is 4.09. The fourth-order valence-electron chi connectivity index (χ4n) is 2.49. The van der Waals surface area contributed by atoms with Crippen LogP contribution in [-0.2, 0) is 11.3 Å². The molecular weight excluding hydrogens is 286 g/mol. The molecule has 0 bridgehead atoms. The van der Waals surface area contributed by atoms with Crippen molar-refractivity contribution in [3.05, 3.63) is 28.8 Å². The Hall–Kier alpha value is -1.26. The van der Waals surface area contributed by atoms with Crippen molar-refractivity contribution < 1.29 is 4.79 Å². The summed E-state index contributed by atoms with van der Waals surface area (Å²) in [7, 11) is 0. The standard InChI is InChI=1S/C16H24ClN3O/c1-11(2)9-18-10-13-4-5-14(8-15(13)17)20-7-6-19-16(21)12(20)3/h4-5,8,11-12,18H,6-7,9-10H2,1-3H3,(H,19,21). The van der Waals surface area contributed by atoms with Crippen molar-refractivity contribution in [1.82, 2.24) is 10.6 Å². The lowest BCUT2D eigenvalue weighted by Crippen LogP contribution is -2.54. The summed E-state index contributed by atoms with van der Waals surface area (Å²) in [6.07, 6.45) is 0. The number of nitrogens with one attached hydrogen (secondary N) is 2. The summed E-state index contributed by atoms with van der Waals surface area (Å²) in [5, 5.41) is 7.02. The molecule has 0 saturated carbocycles. The Morgan fingerprint density at radius 1 is 1.48 bits per heavy atom. The zero-order valence-corrected chi connectivity index (χ0v) is 13.7. The van der Waals surface area contributed by atoms with Gasteiger partial charge in [0, 0.05) is 30.3 Å². The van der Waals surface area contributed by atoms with Gasteiger partial charge >= 0.3 is 0 Å². The van der Waals surface area contributed by atoms with Crippen LogP contribution >= 0.6 is 11.6 Å². The molecule has 116 valence electrons. The van der Waals surface area contributed by atoms with E-state index >= 15 is 0 Å². The smallest absolute Gasteiger partial charge is 0.242 e. The van der Waals surface area contributed by atoms with Gasteiger partial charge in [-0.2, -0.15) is 0 Å². The highest BCUT2D eigenvalue weighted by atomic mass is 35.5. The van der Waals surface area contributed by atoms with Gasteiger partial charge in [-0.1, -0.05) is 31.5 Å². The molecule has 1 aliphatic rings. The molecule has 2 rings (SSSR count). The first-order valence-electron chi connectivity index (χ1n) is 7.52. The van der Waals surface area contributed by atoms with Crippen LogP contribution in [0.3, 0.4) is 0 Å². The molecular formula is C16H24ClN3O. The molecule has 5 heteroatoms. The van der Waals surface area contributed by atoms with Crippen molar-refractivity contribution in [2.45, 2.75) is 33.4 Å². The van der Waals surface area contributed by atoms with Gasteiger partial charge in [0.1, 0.15) is 6.04 Å². The van der Waals surface area contributed by atoms with Crippen LogP contribution in [0.15, 0.2) is 18.2 Å². The number of rotatable bonds is 5. The van der Waals surface area contributed by atoms with E-state index in [1.165, 1.54) is 0 Å². The lowest BCUT2D eigenvalue weighted by atomic mass is 10.1. The predicted octanol–water partition coefficient (Wildman–Crippen LogP) is 2.41. The second kappa shape index (κ2) is 7.14. The third-order valence-electron chi connectivity index (χ3n) is 3.74. The Morgan fingerprint density at radius 3 is 2.90 bits per heavy atom. The number of nitrogens with zero attached hydrogens (tertiary/aromatic N) is 1. The number of benzene rings is 1. The van der Waals surface area contributed by atoms with E-state index in [1.54, 1.807) is 0 Å². The summed E-state index contributed by atoms with van der Waals surface area (Å²) in [5.74, 6) is 0.691. The summed E-state index contributed by atoms with van der Waals surface area (Å²) in [6.45, 7) is 9.52. The Morgan fingerprint density at radius 2 is 2.24 bits per heavy atom. The number of carbonyl (C=O) groups is 1. The molecule has 1 aromatic rings. The van der Waals surface area contributed by atoms with Crippen molar-refractivity contribution in [3.63, 3.8) is 0 Å². The monoisotopic (exact) mass is 309 g/mol. The lowest BCUT2D eigenvalue weighted by molar-refractivity contribution is -0.122. The molecule has 0 aromatic heterocycles. The molecule has 1 unspecified atom stereocenters. The SMILES string of the molecule is CC(C)CNCc1ccc(N2CCNC(=O)C2C)cc1Cl. The fraction of sp³-hybridized carbons (Fsp3) is 0.562. The minimum Gasteiger partial charge on any atom is -0.358 e. The van der Waals surface area contributed by atoms with Gasteiger partial charge in [-0.3, -0.25) is 4.79 Å². The van der Waals surface area contributed by atoms with E-state index in [0.717, 1.165) is 35.9 Å². The van der Waals surface area contributed by atoms with Crippen molar-refractivity contribution >= 4 is 23.2 Å². The second-order valence-corrected chi connectivity index (χ2v) is 6.37. The van der Waals surface area contributed by atoms with Gasteiger partial charge in [-0.15, -0.1) is 0 Å². The van der Waals surface area contributed by atoms with Gasteiger partial charge in [-0.25, -0.2) is 0 Å². The van der Waals surface area contributed by atoms with E-state index in [2.05, 4.69) is 29.4 Å². The summed E-state index contributed by atoms with van der Waals surface area (Å²) in [5.41, 5.74) is 2.10. The quantitative estimate of drug-likeness (QED) is 0.878. The molecule has 1 amide bonds. The second-order valence-electron chi connectivity index (χ2n) is 5.96. The molecule has 4 nitrogen and oxygen atoms in total. The maximum absolute atomic E-state index is 11.7. The van der Waals surface area contributed by atoms with E-state index < -0.39 is 0 Å². The number of halogens is 1. The van der Waals surface area contributed by atoms with E-state index in [4.69, 9.17) is 11.6 Å². The van der Waals surface area contributed by atoms with E-state index in [-0.39, 0.29) is 11.9 Å². The number of anilines is 1. The number of hydrogen-bond acceptors (Lipinski definition) is 3. The first-order chi connectivity index (χ1) is 9.99. The van der Waals surface area contributed by atoms with Crippen LogP contribution in [0.25, 0.3) is 0 Å². The van der Waals surface area contributed by atoms with E-state index in [1.807, 2.05) is 25.1 Å². The Kier molecular flexibility index (Phi) is 5.48. The molecule has 0 radical (unpaired) electrons. The number of amides is 1. The van der Waals surface area contributed by atoms with E-state index in [9.17, 15) is 4.79 Å². The summed E-state index contributed by atoms with van der Waals surface area (Å²) in [6, 6.07) is 5.90. The molecule has 1 fully saturated rings. The number of carbonyl (C=O) groups excluding carboxylic acids is 1. The molecule has 1 atom stereocenters. The third kappa shape index (κ3) is 4.11.